The summed E-state index contributed by atoms with van der Waals surface area (Å²) in [5.41, 5.74) is 19.6. The molecule has 230 valence electrons. The van der Waals surface area contributed by atoms with Crippen LogP contribution in [0.2, 0.25) is 0 Å². The van der Waals surface area contributed by atoms with Crippen molar-refractivity contribution in [3.63, 3.8) is 0 Å². The second kappa shape index (κ2) is 12.2. The molecule has 0 aliphatic heterocycles. The summed E-state index contributed by atoms with van der Waals surface area (Å²) in [5, 5.41) is 9.96. The zero-order chi connectivity index (χ0) is 31.0. The molecule has 5 aliphatic carbocycles. The fourth-order valence-electron chi connectivity index (χ4n) is 10.6. The number of nitriles is 1. The van der Waals surface area contributed by atoms with Crippen molar-refractivity contribution in [2.45, 2.75) is 133 Å². The third-order valence-electron chi connectivity index (χ3n) is 12.8. The number of rotatable bonds is 2. The molecule has 5 rings (SSSR count). The van der Waals surface area contributed by atoms with Crippen LogP contribution < -0.4 is 11.5 Å². The Bertz CT molecular complexity index is 1110. The average Bonchev–Trinajstić information content (AvgIpc) is 2.92. The number of hydrogen-bond donors (Lipinski definition) is 2. The maximum Gasteiger partial charge on any atom is 0.0944 e. The van der Waals surface area contributed by atoms with Gasteiger partial charge in [-0.15, -0.1) is 5.73 Å². The summed E-state index contributed by atoms with van der Waals surface area (Å²) in [6, 6.07) is 2.78. The van der Waals surface area contributed by atoms with E-state index in [2.05, 4.69) is 98.6 Å². The maximum absolute atomic E-state index is 9.96. The zero-order valence-electron chi connectivity index (χ0n) is 28.4. The van der Waals surface area contributed by atoms with E-state index in [4.69, 9.17) is 5.73 Å². The van der Waals surface area contributed by atoms with Gasteiger partial charge >= 0.3 is 0 Å². The summed E-state index contributed by atoms with van der Waals surface area (Å²) in [5.74, 6) is 2.29. The first-order valence-corrected chi connectivity index (χ1v) is 16.7. The van der Waals surface area contributed by atoms with E-state index in [1.54, 1.807) is 5.57 Å². The van der Waals surface area contributed by atoms with Gasteiger partial charge in [-0.3, -0.25) is 0 Å². The van der Waals surface area contributed by atoms with Crippen LogP contribution in [-0.4, -0.2) is 13.1 Å². The first kappa shape index (κ1) is 33.9. The maximum atomic E-state index is 9.96. The van der Waals surface area contributed by atoms with Crippen molar-refractivity contribution in [2.75, 3.05) is 7.05 Å². The molecule has 3 heteroatoms. The van der Waals surface area contributed by atoms with Crippen LogP contribution in [0, 0.1) is 62.1 Å². The topological polar surface area (TPSA) is 75.8 Å². The average molecular weight is 562 g/mol. The second-order valence-electron chi connectivity index (χ2n) is 16.1. The Labute approximate surface area is 254 Å². The van der Waals surface area contributed by atoms with Crippen molar-refractivity contribution in [3.05, 3.63) is 41.2 Å². The van der Waals surface area contributed by atoms with Gasteiger partial charge in [0.15, 0.2) is 0 Å². The molecule has 0 bridgehead atoms. The molecule has 3 fully saturated rings. The molecule has 41 heavy (non-hydrogen) atoms. The lowest BCUT2D eigenvalue weighted by Crippen LogP contribution is -2.61. The summed E-state index contributed by atoms with van der Waals surface area (Å²) in [6.45, 7) is 25.6. The summed E-state index contributed by atoms with van der Waals surface area (Å²) in [7, 11) is 1.50. The van der Waals surface area contributed by atoms with Gasteiger partial charge in [-0.1, -0.05) is 92.5 Å². The minimum atomic E-state index is 0.0188. The minimum Gasteiger partial charge on any atom is -0.333 e. The molecule has 3 nitrogen and oxygen atoms in total. The molecule has 0 heterocycles. The van der Waals surface area contributed by atoms with Crippen LogP contribution in [0.15, 0.2) is 41.2 Å². The van der Waals surface area contributed by atoms with Gasteiger partial charge < -0.3 is 11.5 Å². The Balaban J connectivity index is 0.000000710. The Hall–Kier alpha value is -1.59. The molecule has 0 spiro atoms. The highest BCUT2D eigenvalue weighted by Crippen LogP contribution is 2.72. The van der Waals surface area contributed by atoms with Gasteiger partial charge in [0.05, 0.1) is 6.07 Å². The van der Waals surface area contributed by atoms with Crippen LogP contribution in [0.5, 0.6) is 0 Å². The normalized spacial score (nSPS) is 40.4. The Kier molecular flexibility index (Phi) is 10.1. The monoisotopic (exact) mass is 562 g/mol. The highest BCUT2D eigenvalue weighted by Gasteiger charge is 2.64. The van der Waals surface area contributed by atoms with Crippen LogP contribution in [-0.2, 0) is 0 Å². The van der Waals surface area contributed by atoms with E-state index in [1.807, 2.05) is 0 Å². The van der Waals surface area contributed by atoms with E-state index in [0.717, 1.165) is 12.0 Å². The van der Waals surface area contributed by atoms with E-state index in [-0.39, 0.29) is 27.7 Å². The molecule has 4 N–H and O–H groups in total. The summed E-state index contributed by atoms with van der Waals surface area (Å²) in [6.07, 6.45) is 17.2. The van der Waals surface area contributed by atoms with Crippen LogP contribution >= 0.6 is 0 Å². The van der Waals surface area contributed by atoms with Gasteiger partial charge in [-0.2, -0.15) is 5.26 Å². The number of unbranched alkanes of at least 4 members (excludes halogenated alkanes) is 1. The zero-order valence-corrected chi connectivity index (χ0v) is 28.4. The number of nitrogens with zero attached hydrogens (tertiary/aromatic N) is 1. The van der Waals surface area contributed by atoms with E-state index >= 15 is 0 Å². The standard InChI is InChI=1S/C33H48N2.C4H10.CH5N/c1-9-23-16-27-31(7,12-11-26-30(5,6)17-22(20-34)18-32(26,27)8)24-10-13-33(21(2)35)15-14-29(3,4)19-25(33)28(23)24;1-3-4-2;1-2/h16-17,21,24-26,28H,1,10-15,18-19,35H2,2-8H3;3-4H2,1-2H3;2H2,1H3. The van der Waals surface area contributed by atoms with Gasteiger partial charge in [0.1, 0.15) is 0 Å². The molecular formula is C38H63N3. The largest absolute Gasteiger partial charge is 0.333 e. The second-order valence-corrected chi connectivity index (χ2v) is 16.1. The molecule has 0 amide bonds. The van der Waals surface area contributed by atoms with Crippen LogP contribution in [0.1, 0.15) is 127 Å². The van der Waals surface area contributed by atoms with Crippen LogP contribution in [0.3, 0.4) is 0 Å². The van der Waals surface area contributed by atoms with Gasteiger partial charge in [0.2, 0.25) is 0 Å². The first-order chi connectivity index (χ1) is 19.2. The predicted molar refractivity (Wildman–Crippen MR) is 176 cm³/mol. The fraction of sp³-hybridized carbons (Fsp3) is 0.789. The SMILES string of the molecule is C=C=C1C=C2C(C)(CCC3C(C)(C)C=C(C#N)CC23C)C2CCC3(C(C)N)CCC(C)(C)CC3C12.CCCC.CN. The molecule has 3 saturated carbocycles. The Morgan fingerprint density at radius 2 is 1.59 bits per heavy atom. The molecule has 0 aromatic heterocycles. The number of fused-ring (bicyclic) bond motifs is 7. The van der Waals surface area contributed by atoms with Crippen molar-refractivity contribution in [2.24, 2.45) is 62.2 Å². The molecule has 8 unspecified atom stereocenters. The van der Waals surface area contributed by atoms with Crippen LogP contribution in [0.25, 0.3) is 0 Å². The molecule has 0 aromatic rings. The van der Waals surface area contributed by atoms with Crippen molar-refractivity contribution >= 4 is 0 Å². The van der Waals surface area contributed by atoms with Gasteiger partial charge in [0, 0.05) is 11.6 Å². The minimum absolute atomic E-state index is 0.0188. The summed E-state index contributed by atoms with van der Waals surface area (Å²) >= 11 is 0. The van der Waals surface area contributed by atoms with Gasteiger partial charge in [-0.25, -0.2) is 0 Å². The molecule has 0 aromatic carbocycles. The first-order valence-electron chi connectivity index (χ1n) is 16.7. The third kappa shape index (κ3) is 5.59. The third-order valence-corrected chi connectivity index (χ3v) is 12.8. The Morgan fingerprint density at radius 3 is 2.12 bits per heavy atom. The number of hydrogen-bond acceptors (Lipinski definition) is 3. The lowest BCUT2D eigenvalue weighted by Gasteiger charge is -2.67. The van der Waals surface area contributed by atoms with E-state index in [1.165, 1.54) is 70.4 Å². The van der Waals surface area contributed by atoms with Gasteiger partial charge in [0.25, 0.3) is 0 Å². The summed E-state index contributed by atoms with van der Waals surface area (Å²) < 4.78 is 0. The number of allylic oxidation sites excluding steroid dienone is 5. The van der Waals surface area contributed by atoms with Crippen molar-refractivity contribution in [1.82, 2.24) is 0 Å². The predicted octanol–water partition coefficient (Wildman–Crippen LogP) is 9.51. The lowest BCUT2D eigenvalue weighted by molar-refractivity contribution is -0.106. The van der Waals surface area contributed by atoms with Crippen molar-refractivity contribution < 1.29 is 0 Å². The fourth-order valence-corrected chi connectivity index (χ4v) is 10.6. The quantitative estimate of drug-likeness (QED) is 0.330. The van der Waals surface area contributed by atoms with E-state index in [9.17, 15) is 5.26 Å². The Morgan fingerprint density at radius 1 is 0.951 bits per heavy atom. The molecule has 5 aliphatic rings. The van der Waals surface area contributed by atoms with Crippen molar-refractivity contribution in [1.29, 1.82) is 5.26 Å². The van der Waals surface area contributed by atoms with Crippen molar-refractivity contribution in [3.8, 4) is 6.07 Å². The highest BCUT2D eigenvalue weighted by molar-refractivity contribution is 5.46. The van der Waals surface area contributed by atoms with E-state index < -0.39 is 0 Å². The van der Waals surface area contributed by atoms with Crippen LogP contribution in [0.4, 0.5) is 0 Å². The van der Waals surface area contributed by atoms with Gasteiger partial charge in [-0.05, 0) is 122 Å². The summed E-state index contributed by atoms with van der Waals surface area (Å²) in [4.78, 5) is 0. The smallest absolute Gasteiger partial charge is 0.0944 e. The number of nitrogens with two attached hydrogens (primary N) is 2. The van der Waals surface area contributed by atoms with E-state index in [0.29, 0.717) is 29.1 Å². The molecule has 8 atom stereocenters. The molecular weight excluding hydrogens is 498 g/mol. The molecule has 0 saturated heterocycles. The highest BCUT2D eigenvalue weighted by atomic mass is 14.7. The molecule has 0 radical (unpaired) electrons. The lowest BCUT2D eigenvalue weighted by atomic mass is 9.37.